The van der Waals surface area contributed by atoms with Gasteiger partial charge in [-0.2, -0.15) is 30.2 Å². The predicted octanol–water partition coefficient (Wildman–Crippen LogP) is 2.49. The average molecular weight is 366 g/mol. The first-order valence-electron chi connectivity index (χ1n) is 7.53. The molecule has 0 bridgehead atoms. The lowest BCUT2D eigenvalue weighted by Crippen LogP contribution is -2.52. The van der Waals surface area contributed by atoms with E-state index in [2.05, 4.69) is 0 Å². The largest absolute Gasteiger partial charge is 0.416 e. The molecular formula is C15H21F3N2O3S. The molecule has 0 saturated carbocycles. The van der Waals surface area contributed by atoms with Gasteiger partial charge in [-0.3, -0.25) is 0 Å². The molecule has 2 unspecified atom stereocenters. The first-order chi connectivity index (χ1) is 11.0. The van der Waals surface area contributed by atoms with Crippen LogP contribution >= 0.6 is 0 Å². The number of ether oxygens (including phenoxy) is 1. The highest BCUT2D eigenvalue weighted by molar-refractivity contribution is 7.86. The van der Waals surface area contributed by atoms with Crippen LogP contribution in [-0.2, 0) is 27.7 Å². The van der Waals surface area contributed by atoms with Crippen LogP contribution in [0, 0.1) is 0 Å². The second-order valence-corrected chi connectivity index (χ2v) is 8.03. The smallest absolute Gasteiger partial charge is 0.373 e. The van der Waals surface area contributed by atoms with E-state index in [1.54, 1.807) is 13.8 Å². The normalized spacial score (nSPS) is 23.6. The van der Waals surface area contributed by atoms with Crippen molar-refractivity contribution in [2.75, 3.05) is 20.1 Å². The molecule has 0 N–H and O–H groups in total. The predicted molar refractivity (Wildman–Crippen MR) is 83.4 cm³/mol. The van der Waals surface area contributed by atoms with Crippen LogP contribution in [0.25, 0.3) is 0 Å². The van der Waals surface area contributed by atoms with E-state index in [1.807, 2.05) is 0 Å². The Morgan fingerprint density at radius 1 is 1.21 bits per heavy atom. The van der Waals surface area contributed by atoms with Crippen molar-refractivity contribution in [3.63, 3.8) is 0 Å². The molecule has 24 heavy (non-hydrogen) atoms. The van der Waals surface area contributed by atoms with Gasteiger partial charge in [0, 0.05) is 26.7 Å². The van der Waals surface area contributed by atoms with Gasteiger partial charge in [0.25, 0.3) is 10.2 Å². The molecule has 0 radical (unpaired) electrons. The number of rotatable bonds is 4. The van der Waals surface area contributed by atoms with E-state index in [0.29, 0.717) is 0 Å². The number of nitrogens with zero attached hydrogens (tertiary/aromatic N) is 2. The van der Waals surface area contributed by atoms with Crippen LogP contribution in [0.15, 0.2) is 24.3 Å². The molecular weight excluding hydrogens is 345 g/mol. The summed E-state index contributed by atoms with van der Waals surface area (Å²) in [5, 5.41) is 0. The van der Waals surface area contributed by atoms with Crippen LogP contribution in [-0.4, -0.2) is 49.4 Å². The van der Waals surface area contributed by atoms with Crippen LogP contribution in [0.5, 0.6) is 0 Å². The Hall–Kier alpha value is -1.16. The Morgan fingerprint density at radius 2 is 1.75 bits per heavy atom. The van der Waals surface area contributed by atoms with Crippen molar-refractivity contribution < 1.29 is 26.3 Å². The van der Waals surface area contributed by atoms with Crippen LogP contribution < -0.4 is 0 Å². The monoisotopic (exact) mass is 366 g/mol. The molecule has 1 aliphatic heterocycles. The van der Waals surface area contributed by atoms with E-state index >= 15 is 0 Å². The minimum absolute atomic E-state index is 0.0783. The highest BCUT2D eigenvalue weighted by atomic mass is 32.2. The van der Waals surface area contributed by atoms with Crippen molar-refractivity contribution in [2.45, 2.75) is 38.8 Å². The summed E-state index contributed by atoms with van der Waals surface area (Å²) in [4.78, 5) is 0. The van der Waals surface area contributed by atoms with Crippen molar-refractivity contribution in [2.24, 2.45) is 0 Å². The zero-order chi connectivity index (χ0) is 18.1. The average Bonchev–Trinajstić information content (AvgIpc) is 2.45. The van der Waals surface area contributed by atoms with Crippen LogP contribution in [0.2, 0.25) is 0 Å². The van der Waals surface area contributed by atoms with E-state index in [1.165, 1.54) is 29.6 Å². The molecule has 136 valence electrons. The molecule has 1 aromatic carbocycles. The highest BCUT2D eigenvalue weighted by Gasteiger charge is 2.36. The molecule has 1 aliphatic rings. The van der Waals surface area contributed by atoms with Gasteiger partial charge < -0.3 is 4.74 Å². The minimum Gasteiger partial charge on any atom is -0.373 e. The lowest BCUT2D eigenvalue weighted by Gasteiger charge is -2.36. The van der Waals surface area contributed by atoms with Gasteiger partial charge >= 0.3 is 6.18 Å². The number of morpholine rings is 1. The zero-order valence-electron chi connectivity index (χ0n) is 13.7. The molecule has 2 atom stereocenters. The lowest BCUT2D eigenvalue weighted by molar-refractivity contribution is -0.138. The molecule has 1 aromatic rings. The maximum Gasteiger partial charge on any atom is 0.416 e. The second-order valence-electron chi connectivity index (χ2n) is 5.99. The van der Waals surface area contributed by atoms with E-state index in [0.717, 1.165) is 10.4 Å². The molecule has 0 aromatic heterocycles. The van der Waals surface area contributed by atoms with Crippen molar-refractivity contribution in [1.29, 1.82) is 0 Å². The van der Waals surface area contributed by atoms with Gasteiger partial charge in [0.1, 0.15) is 0 Å². The van der Waals surface area contributed by atoms with E-state index in [4.69, 9.17) is 4.74 Å². The minimum atomic E-state index is -4.52. The van der Waals surface area contributed by atoms with Gasteiger partial charge in [0.2, 0.25) is 0 Å². The number of halogens is 3. The summed E-state index contributed by atoms with van der Waals surface area (Å²) >= 11 is 0. The zero-order valence-corrected chi connectivity index (χ0v) is 14.6. The van der Waals surface area contributed by atoms with Gasteiger partial charge in [-0.15, -0.1) is 0 Å². The summed E-state index contributed by atoms with van der Waals surface area (Å²) in [6.45, 7) is 3.53. The van der Waals surface area contributed by atoms with Crippen molar-refractivity contribution in [3.05, 3.63) is 35.4 Å². The van der Waals surface area contributed by atoms with Gasteiger partial charge in [-0.25, -0.2) is 0 Å². The quantitative estimate of drug-likeness (QED) is 0.823. The molecule has 9 heteroatoms. The summed E-state index contributed by atoms with van der Waals surface area (Å²) in [6, 6.07) is 4.99. The molecule has 2 rings (SSSR count). The van der Waals surface area contributed by atoms with Crippen LogP contribution in [0.4, 0.5) is 13.2 Å². The molecule has 5 nitrogen and oxygen atoms in total. The molecule has 1 saturated heterocycles. The summed E-state index contributed by atoms with van der Waals surface area (Å²) in [7, 11) is -2.58. The van der Waals surface area contributed by atoms with Crippen molar-refractivity contribution in [3.8, 4) is 0 Å². The molecule has 1 fully saturated rings. The number of hydrogen-bond acceptors (Lipinski definition) is 3. The Balaban J connectivity index is 2.22. The van der Waals surface area contributed by atoms with Gasteiger partial charge in [0.15, 0.2) is 0 Å². The first kappa shape index (κ1) is 19.2. The molecule has 0 spiro atoms. The number of alkyl halides is 3. The standard InChI is InChI=1S/C15H21F3N2O3S/c1-11-8-20(9-12(2)23-11)24(21,22)19(3)10-13-6-4-5-7-14(13)15(16,17)18/h4-7,11-12H,8-10H2,1-3H3. The fourth-order valence-electron chi connectivity index (χ4n) is 2.77. The fraction of sp³-hybridized carbons (Fsp3) is 0.600. The topological polar surface area (TPSA) is 49.9 Å². The van der Waals surface area contributed by atoms with Crippen molar-refractivity contribution >= 4 is 10.2 Å². The van der Waals surface area contributed by atoms with E-state index in [9.17, 15) is 21.6 Å². The van der Waals surface area contributed by atoms with E-state index < -0.39 is 21.9 Å². The van der Waals surface area contributed by atoms with Gasteiger partial charge in [-0.05, 0) is 25.5 Å². The maximum absolute atomic E-state index is 13.1. The Morgan fingerprint density at radius 3 is 2.29 bits per heavy atom. The number of hydrogen-bond donors (Lipinski definition) is 0. The highest BCUT2D eigenvalue weighted by Crippen LogP contribution is 2.32. The van der Waals surface area contributed by atoms with Gasteiger partial charge in [0.05, 0.1) is 17.8 Å². The summed E-state index contributed by atoms with van der Waals surface area (Å²) < 4.78 is 72.2. The number of benzene rings is 1. The lowest BCUT2D eigenvalue weighted by atomic mass is 10.1. The van der Waals surface area contributed by atoms with E-state index in [-0.39, 0.29) is 37.4 Å². The maximum atomic E-state index is 13.1. The summed E-state index contributed by atoms with van der Waals surface area (Å²) in [5.41, 5.74) is -0.902. The summed E-state index contributed by atoms with van der Waals surface area (Å²) in [6.07, 6.45) is -5.05. The molecule has 0 amide bonds. The third-order valence-corrected chi connectivity index (χ3v) is 5.69. The van der Waals surface area contributed by atoms with Crippen molar-refractivity contribution in [1.82, 2.24) is 8.61 Å². The SMILES string of the molecule is CC1CN(S(=O)(=O)N(C)Cc2ccccc2C(F)(F)F)CC(C)O1. The third-order valence-electron chi connectivity index (χ3n) is 3.82. The second kappa shape index (κ2) is 6.99. The van der Waals surface area contributed by atoms with Crippen LogP contribution in [0.3, 0.4) is 0 Å². The Labute approximate surface area is 140 Å². The Bertz CT molecular complexity index is 669. The Kier molecular flexibility index (Phi) is 5.58. The summed E-state index contributed by atoms with van der Waals surface area (Å²) in [5.74, 6) is 0. The fourth-order valence-corrected chi connectivity index (χ4v) is 4.27. The first-order valence-corrected chi connectivity index (χ1v) is 8.93. The van der Waals surface area contributed by atoms with Gasteiger partial charge in [-0.1, -0.05) is 18.2 Å². The third kappa shape index (κ3) is 4.27. The molecule has 1 heterocycles. The van der Waals surface area contributed by atoms with Crippen LogP contribution in [0.1, 0.15) is 25.0 Å². The molecule has 0 aliphatic carbocycles.